The van der Waals surface area contributed by atoms with Gasteiger partial charge in [-0.25, -0.2) is 24.0 Å². The highest BCUT2D eigenvalue weighted by atomic mass is 35.5. The molecule has 0 aliphatic rings. The number of nitrogens with two attached hydrogens (primary N) is 1. The minimum absolute atomic E-state index is 0.00397. The van der Waals surface area contributed by atoms with Crippen LogP contribution in [0.5, 0.6) is 0 Å². The second-order valence-corrected chi connectivity index (χ2v) is 7.17. The number of aryl methyl sites for hydroxylation is 1. The number of anilines is 1. The Labute approximate surface area is 126 Å². The number of hydrogen-bond donors (Lipinski definition) is 3. The van der Waals surface area contributed by atoms with Crippen molar-refractivity contribution in [3.63, 3.8) is 0 Å². The Balaban J connectivity index is 2.18. The van der Waals surface area contributed by atoms with E-state index in [2.05, 4.69) is 15.1 Å². The summed E-state index contributed by atoms with van der Waals surface area (Å²) < 4.78 is 26.8. The van der Waals surface area contributed by atoms with E-state index in [1.165, 1.54) is 23.6 Å². The summed E-state index contributed by atoms with van der Waals surface area (Å²) in [7, 11) is -3.66. The normalized spacial score (nSPS) is 11.6. The standard InChI is InChI=1S/C11H13ClN4O2S2/c1-7-2-3-19-10(7)6-15-20(17,18)8-4-9(12)11(16-13)14-5-8/h2-5,15H,6,13H2,1H3,(H,14,16). The molecule has 0 bridgehead atoms. The summed E-state index contributed by atoms with van der Waals surface area (Å²) in [5, 5.41) is 2.06. The second kappa shape index (κ2) is 6.06. The average molecular weight is 333 g/mol. The zero-order valence-corrected chi connectivity index (χ0v) is 12.9. The molecule has 0 amide bonds. The Morgan fingerprint density at radius 3 is 2.80 bits per heavy atom. The molecule has 9 heteroatoms. The summed E-state index contributed by atoms with van der Waals surface area (Å²) in [6.45, 7) is 2.17. The molecule has 2 aromatic heterocycles. The molecule has 0 radical (unpaired) electrons. The van der Waals surface area contributed by atoms with E-state index in [0.717, 1.165) is 10.4 Å². The summed E-state index contributed by atoms with van der Waals surface area (Å²) in [5.41, 5.74) is 3.33. The Kier molecular flexibility index (Phi) is 4.61. The quantitative estimate of drug-likeness (QED) is 0.573. The van der Waals surface area contributed by atoms with Crippen molar-refractivity contribution in [1.29, 1.82) is 0 Å². The molecule has 0 aliphatic carbocycles. The van der Waals surface area contributed by atoms with E-state index in [4.69, 9.17) is 17.4 Å². The van der Waals surface area contributed by atoms with Gasteiger partial charge in [-0.3, -0.25) is 0 Å². The van der Waals surface area contributed by atoms with Gasteiger partial charge in [-0.15, -0.1) is 11.3 Å². The summed E-state index contributed by atoms with van der Waals surface area (Å²) in [5.74, 6) is 5.41. The first-order chi connectivity index (χ1) is 9.44. The number of rotatable bonds is 5. The molecule has 0 saturated carbocycles. The largest absolute Gasteiger partial charge is 0.307 e. The molecule has 108 valence electrons. The SMILES string of the molecule is Cc1ccsc1CNS(=O)(=O)c1cnc(NN)c(Cl)c1. The van der Waals surface area contributed by atoms with Crippen molar-refractivity contribution in [2.45, 2.75) is 18.4 Å². The van der Waals surface area contributed by atoms with E-state index in [1.807, 2.05) is 18.4 Å². The monoisotopic (exact) mass is 332 g/mol. The first-order valence-corrected chi connectivity index (χ1v) is 8.33. The number of aromatic nitrogens is 1. The van der Waals surface area contributed by atoms with Crippen molar-refractivity contribution in [1.82, 2.24) is 9.71 Å². The number of hydrazine groups is 1. The Morgan fingerprint density at radius 1 is 1.50 bits per heavy atom. The highest BCUT2D eigenvalue weighted by Gasteiger charge is 2.17. The predicted octanol–water partition coefficient (Wildman–Crippen LogP) is 1.87. The molecular weight excluding hydrogens is 320 g/mol. The molecule has 0 unspecified atom stereocenters. The van der Waals surface area contributed by atoms with E-state index in [9.17, 15) is 8.42 Å². The van der Waals surface area contributed by atoms with E-state index in [-0.39, 0.29) is 22.3 Å². The Hall–Kier alpha value is -1.19. The maximum absolute atomic E-state index is 12.1. The molecular formula is C11H13ClN4O2S2. The van der Waals surface area contributed by atoms with Gasteiger partial charge in [0.1, 0.15) is 4.90 Å². The van der Waals surface area contributed by atoms with E-state index in [1.54, 1.807) is 0 Å². The molecule has 2 heterocycles. The van der Waals surface area contributed by atoms with Crippen LogP contribution >= 0.6 is 22.9 Å². The van der Waals surface area contributed by atoms with Crippen LogP contribution in [0, 0.1) is 6.92 Å². The Morgan fingerprint density at radius 2 is 2.25 bits per heavy atom. The number of nitrogens with zero attached hydrogens (tertiary/aromatic N) is 1. The van der Waals surface area contributed by atoms with Gasteiger partial charge in [0.25, 0.3) is 0 Å². The summed E-state index contributed by atoms with van der Waals surface area (Å²) in [6, 6.07) is 3.24. The lowest BCUT2D eigenvalue weighted by atomic mass is 10.3. The molecule has 0 aromatic carbocycles. The minimum atomic E-state index is -3.66. The fraction of sp³-hybridized carbons (Fsp3) is 0.182. The Bertz CT molecular complexity index is 715. The van der Waals surface area contributed by atoms with Crippen LogP contribution in [0.1, 0.15) is 10.4 Å². The zero-order chi connectivity index (χ0) is 14.8. The van der Waals surface area contributed by atoms with Gasteiger partial charge in [-0.1, -0.05) is 11.6 Å². The molecule has 0 aliphatic heterocycles. The van der Waals surface area contributed by atoms with Gasteiger partial charge in [0, 0.05) is 17.6 Å². The third-order valence-electron chi connectivity index (χ3n) is 2.65. The fourth-order valence-corrected chi connectivity index (χ4v) is 3.69. The van der Waals surface area contributed by atoms with Crippen LogP contribution in [0.3, 0.4) is 0 Å². The van der Waals surface area contributed by atoms with Gasteiger partial charge in [-0.05, 0) is 30.0 Å². The van der Waals surface area contributed by atoms with Crippen molar-refractivity contribution in [3.05, 3.63) is 39.2 Å². The van der Waals surface area contributed by atoms with E-state index < -0.39 is 10.0 Å². The molecule has 0 saturated heterocycles. The van der Waals surface area contributed by atoms with Crippen LogP contribution in [-0.4, -0.2) is 13.4 Å². The van der Waals surface area contributed by atoms with Gasteiger partial charge in [-0.2, -0.15) is 0 Å². The van der Waals surface area contributed by atoms with Gasteiger partial charge >= 0.3 is 0 Å². The van der Waals surface area contributed by atoms with Crippen molar-refractivity contribution in [3.8, 4) is 0 Å². The number of nitrogens with one attached hydrogen (secondary N) is 2. The summed E-state index contributed by atoms with van der Waals surface area (Å²) in [6.07, 6.45) is 1.20. The minimum Gasteiger partial charge on any atom is -0.307 e. The van der Waals surface area contributed by atoms with Crippen molar-refractivity contribution in [2.24, 2.45) is 5.84 Å². The topological polar surface area (TPSA) is 97.1 Å². The van der Waals surface area contributed by atoms with E-state index in [0.29, 0.717) is 0 Å². The third-order valence-corrected chi connectivity index (χ3v) is 5.33. The van der Waals surface area contributed by atoms with Crippen LogP contribution in [-0.2, 0) is 16.6 Å². The number of thiophene rings is 1. The van der Waals surface area contributed by atoms with Crippen molar-refractivity contribution < 1.29 is 8.42 Å². The molecule has 0 atom stereocenters. The molecule has 2 aromatic rings. The van der Waals surface area contributed by atoms with Crippen LogP contribution in [0.15, 0.2) is 28.6 Å². The van der Waals surface area contributed by atoms with Gasteiger partial charge in [0.05, 0.1) is 5.02 Å². The number of nitrogen functional groups attached to an aromatic ring is 1. The first-order valence-electron chi connectivity index (χ1n) is 5.59. The fourth-order valence-electron chi connectivity index (χ4n) is 1.50. The van der Waals surface area contributed by atoms with Crippen LogP contribution in [0.25, 0.3) is 0 Å². The zero-order valence-electron chi connectivity index (χ0n) is 10.6. The van der Waals surface area contributed by atoms with E-state index >= 15 is 0 Å². The smallest absolute Gasteiger partial charge is 0.242 e. The maximum Gasteiger partial charge on any atom is 0.242 e. The van der Waals surface area contributed by atoms with Gasteiger partial charge in [0.2, 0.25) is 10.0 Å². The molecule has 6 nitrogen and oxygen atoms in total. The summed E-state index contributed by atoms with van der Waals surface area (Å²) >= 11 is 7.36. The predicted molar refractivity (Wildman–Crippen MR) is 80.1 cm³/mol. The number of hydrogen-bond acceptors (Lipinski definition) is 6. The number of pyridine rings is 1. The highest BCUT2D eigenvalue weighted by Crippen LogP contribution is 2.22. The molecule has 0 spiro atoms. The molecule has 2 rings (SSSR count). The maximum atomic E-state index is 12.1. The lowest BCUT2D eigenvalue weighted by Crippen LogP contribution is -2.23. The first kappa shape index (κ1) is 15.2. The second-order valence-electron chi connectivity index (χ2n) is 4.00. The third kappa shape index (κ3) is 3.28. The molecule has 0 fully saturated rings. The van der Waals surface area contributed by atoms with Gasteiger partial charge < -0.3 is 5.43 Å². The summed E-state index contributed by atoms with van der Waals surface area (Å²) in [4.78, 5) is 4.80. The highest BCUT2D eigenvalue weighted by molar-refractivity contribution is 7.89. The lowest BCUT2D eigenvalue weighted by molar-refractivity contribution is 0.581. The average Bonchev–Trinajstić information content (AvgIpc) is 2.82. The van der Waals surface area contributed by atoms with Crippen LogP contribution in [0.4, 0.5) is 5.82 Å². The molecule has 20 heavy (non-hydrogen) atoms. The van der Waals surface area contributed by atoms with Crippen molar-refractivity contribution in [2.75, 3.05) is 5.43 Å². The number of halogens is 1. The van der Waals surface area contributed by atoms with Crippen LogP contribution < -0.4 is 16.0 Å². The lowest BCUT2D eigenvalue weighted by Gasteiger charge is -2.08. The van der Waals surface area contributed by atoms with Crippen LogP contribution in [0.2, 0.25) is 5.02 Å². The number of sulfonamides is 1. The van der Waals surface area contributed by atoms with Crippen molar-refractivity contribution >= 4 is 38.8 Å². The van der Waals surface area contributed by atoms with Gasteiger partial charge in [0.15, 0.2) is 5.82 Å². The molecule has 4 N–H and O–H groups in total.